The average Bonchev–Trinajstić information content (AvgIpc) is 2.62. The smallest absolute Gasteiger partial charge is 0.193 e. The van der Waals surface area contributed by atoms with E-state index in [1.165, 1.54) is 6.07 Å². The summed E-state index contributed by atoms with van der Waals surface area (Å²) >= 11 is 0. The summed E-state index contributed by atoms with van der Waals surface area (Å²) in [4.78, 5) is 12.3. The summed E-state index contributed by atoms with van der Waals surface area (Å²) < 4.78 is 16.6. The van der Waals surface area contributed by atoms with E-state index in [1.807, 2.05) is 49.4 Å². The van der Waals surface area contributed by atoms with Crippen molar-refractivity contribution in [1.29, 1.82) is 0 Å². The van der Waals surface area contributed by atoms with Gasteiger partial charge in [0.25, 0.3) is 0 Å². The highest BCUT2D eigenvalue weighted by atomic mass is 16.5. The highest BCUT2D eigenvalue weighted by Gasteiger charge is 2.07. The Bertz CT molecular complexity index is 896. The van der Waals surface area contributed by atoms with Crippen molar-refractivity contribution >= 4 is 11.0 Å². The molecule has 3 rings (SSSR count). The summed E-state index contributed by atoms with van der Waals surface area (Å²) in [6.07, 6.45) is 0. The first-order valence-corrected chi connectivity index (χ1v) is 8.14. The van der Waals surface area contributed by atoms with E-state index >= 15 is 0 Å². The third-order valence-corrected chi connectivity index (χ3v) is 3.75. The van der Waals surface area contributed by atoms with Gasteiger partial charge in [-0.2, -0.15) is 0 Å². The Morgan fingerprint density at radius 2 is 1.80 bits per heavy atom. The largest absolute Gasteiger partial charge is 0.491 e. The van der Waals surface area contributed by atoms with Gasteiger partial charge in [0.1, 0.15) is 23.7 Å². The molecular formula is C20H20O5. The van der Waals surface area contributed by atoms with Gasteiger partial charge in [0.05, 0.1) is 25.2 Å². The molecule has 0 fully saturated rings. The summed E-state index contributed by atoms with van der Waals surface area (Å²) in [5.74, 6) is 1.23. The molecular weight excluding hydrogens is 320 g/mol. The van der Waals surface area contributed by atoms with E-state index in [-0.39, 0.29) is 12.0 Å². The summed E-state index contributed by atoms with van der Waals surface area (Å²) in [5.41, 5.74) is 2.36. The van der Waals surface area contributed by atoms with E-state index < -0.39 is 0 Å². The lowest BCUT2D eigenvalue weighted by Gasteiger charge is -2.08. The maximum absolute atomic E-state index is 12.3. The highest BCUT2D eigenvalue weighted by molar-refractivity contribution is 5.79. The molecule has 0 aliphatic heterocycles. The van der Waals surface area contributed by atoms with Gasteiger partial charge < -0.3 is 19.0 Å². The zero-order valence-corrected chi connectivity index (χ0v) is 14.0. The van der Waals surface area contributed by atoms with E-state index in [0.29, 0.717) is 42.3 Å². The van der Waals surface area contributed by atoms with Crippen molar-refractivity contribution in [2.45, 2.75) is 6.92 Å². The lowest BCUT2D eigenvalue weighted by atomic mass is 10.1. The molecule has 5 nitrogen and oxygen atoms in total. The lowest BCUT2D eigenvalue weighted by molar-refractivity contribution is 0.0705. The fraction of sp³-hybridized carbons (Fsp3) is 0.250. The molecule has 0 bridgehead atoms. The van der Waals surface area contributed by atoms with Crippen molar-refractivity contribution < 1.29 is 19.0 Å². The summed E-state index contributed by atoms with van der Waals surface area (Å²) in [6, 6.07) is 14.4. The van der Waals surface area contributed by atoms with Crippen molar-refractivity contribution in [3.63, 3.8) is 0 Å². The van der Waals surface area contributed by atoms with E-state index in [4.69, 9.17) is 19.0 Å². The third kappa shape index (κ3) is 4.26. The molecule has 0 saturated carbocycles. The molecule has 0 atom stereocenters. The molecule has 2 aromatic carbocycles. The van der Waals surface area contributed by atoms with Gasteiger partial charge in [-0.25, -0.2) is 0 Å². The average molecular weight is 340 g/mol. The fourth-order valence-corrected chi connectivity index (χ4v) is 2.51. The SMILES string of the molecule is Cc1ccc2oc(-c3ccc(OCCOCCO)cc3)cc(=O)c2c1. The zero-order chi connectivity index (χ0) is 17.6. The van der Waals surface area contributed by atoms with Crippen LogP contribution in [0.4, 0.5) is 0 Å². The second-order valence-electron chi connectivity index (χ2n) is 5.68. The van der Waals surface area contributed by atoms with Crippen molar-refractivity contribution in [3.05, 3.63) is 64.3 Å². The monoisotopic (exact) mass is 340 g/mol. The number of fused-ring (bicyclic) bond motifs is 1. The quantitative estimate of drug-likeness (QED) is 0.669. The second kappa shape index (κ2) is 7.96. The lowest BCUT2D eigenvalue weighted by Crippen LogP contribution is -2.09. The molecule has 25 heavy (non-hydrogen) atoms. The van der Waals surface area contributed by atoms with Crippen LogP contribution in [0.25, 0.3) is 22.3 Å². The number of aliphatic hydroxyl groups excluding tert-OH is 1. The van der Waals surface area contributed by atoms with Gasteiger partial charge in [0.2, 0.25) is 0 Å². The predicted molar refractivity (Wildman–Crippen MR) is 96.1 cm³/mol. The second-order valence-corrected chi connectivity index (χ2v) is 5.68. The molecule has 1 heterocycles. The van der Waals surface area contributed by atoms with Crippen LogP contribution in [-0.4, -0.2) is 31.5 Å². The number of aryl methyl sites for hydroxylation is 1. The Hall–Kier alpha value is -2.63. The number of hydrogen-bond donors (Lipinski definition) is 1. The van der Waals surface area contributed by atoms with Crippen LogP contribution in [0.3, 0.4) is 0 Å². The van der Waals surface area contributed by atoms with Crippen LogP contribution in [0.5, 0.6) is 5.75 Å². The first-order valence-electron chi connectivity index (χ1n) is 8.14. The van der Waals surface area contributed by atoms with Crippen molar-refractivity contribution in [2.75, 3.05) is 26.4 Å². The molecule has 130 valence electrons. The molecule has 0 spiro atoms. The molecule has 0 aliphatic rings. The molecule has 1 N–H and O–H groups in total. The van der Waals surface area contributed by atoms with Gasteiger partial charge in [-0.1, -0.05) is 11.6 Å². The number of rotatable bonds is 7. The molecule has 0 unspecified atom stereocenters. The van der Waals surface area contributed by atoms with Gasteiger partial charge in [-0.05, 0) is 43.3 Å². The Morgan fingerprint density at radius 3 is 2.56 bits per heavy atom. The number of ether oxygens (including phenoxy) is 2. The van der Waals surface area contributed by atoms with Crippen LogP contribution in [0.1, 0.15) is 5.56 Å². The van der Waals surface area contributed by atoms with Gasteiger partial charge in [0, 0.05) is 11.6 Å². The minimum Gasteiger partial charge on any atom is -0.491 e. The van der Waals surface area contributed by atoms with Crippen molar-refractivity contribution in [1.82, 2.24) is 0 Å². The van der Waals surface area contributed by atoms with Gasteiger partial charge in [-0.15, -0.1) is 0 Å². The van der Waals surface area contributed by atoms with Crippen molar-refractivity contribution in [3.8, 4) is 17.1 Å². The minimum atomic E-state index is -0.0543. The van der Waals surface area contributed by atoms with Crippen LogP contribution in [0, 0.1) is 6.92 Å². The van der Waals surface area contributed by atoms with Gasteiger partial charge in [0.15, 0.2) is 5.43 Å². The normalized spacial score (nSPS) is 11.0. The van der Waals surface area contributed by atoms with Gasteiger partial charge >= 0.3 is 0 Å². The number of hydrogen-bond acceptors (Lipinski definition) is 5. The van der Waals surface area contributed by atoms with Crippen molar-refractivity contribution in [2.24, 2.45) is 0 Å². The molecule has 0 radical (unpaired) electrons. The number of benzene rings is 2. The topological polar surface area (TPSA) is 68.9 Å². The standard InChI is InChI=1S/C20H20O5/c1-14-2-7-19-17(12-14)18(22)13-20(25-19)15-3-5-16(6-4-15)24-11-10-23-9-8-21/h2-7,12-13,21H,8-11H2,1H3. The summed E-state index contributed by atoms with van der Waals surface area (Å²) in [6.45, 7) is 3.08. The van der Waals surface area contributed by atoms with Crippen LogP contribution in [0.15, 0.2) is 57.7 Å². The summed E-state index contributed by atoms with van der Waals surface area (Å²) in [7, 11) is 0. The van der Waals surface area contributed by atoms with Crippen LogP contribution >= 0.6 is 0 Å². The van der Waals surface area contributed by atoms with Crippen LogP contribution in [0.2, 0.25) is 0 Å². The Kier molecular flexibility index (Phi) is 5.48. The maximum atomic E-state index is 12.3. The predicted octanol–water partition coefficient (Wildman–Crippen LogP) is 3.16. The molecule has 0 aliphatic carbocycles. The maximum Gasteiger partial charge on any atom is 0.193 e. The molecule has 5 heteroatoms. The molecule has 1 aromatic heterocycles. The fourth-order valence-electron chi connectivity index (χ4n) is 2.51. The minimum absolute atomic E-state index is 0.00518. The summed E-state index contributed by atoms with van der Waals surface area (Å²) in [5, 5.41) is 9.21. The first-order chi connectivity index (χ1) is 12.2. The third-order valence-electron chi connectivity index (χ3n) is 3.75. The van der Waals surface area contributed by atoms with E-state index in [2.05, 4.69) is 0 Å². The zero-order valence-electron chi connectivity index (χ0n) is 14.0. The van der Waals surface area contributed by atoms with E-state index in [9.17, 15) is 4.79 Å². The van der Waals surface area contributed by atoms with Crippen LogP contribution in [-0.2, 0) is 4.74 Å². The van der Waals surface area contributed by atoms with E-state index in [0.717, 1.165) is 11.1 Å². The molecule has 0 saturated heterocycles. The Labute approximate surface area is 145 Å². The van der Waals surface area contributed by atoms with Crippen LogP contribution < -0.4 is 10.2 Å². The molecule has 3 aromatic rings. The molecule has 0 amide bonds. The Morgan fingerprint density at radius 1 is 1.00 bits per heavy atom. The van der Waals surface area contributed by atoms with Gasteiger partial charge in [-0.3, -0.25) is 4.79 Å². The highest BCUT2D eigenvalue weighted by Crippen LogP contribution is 2.24. The number of aliphatic hydroxyl groups is 1. The Balaban J connectivity index is 1.75. The van der Waals surface area contributed by atoms with E-state index in [1.54, 1.807) is 0 Å². The first kappa shape index (κ1) is 17.2.